The van der Waals surface area contributed by atoms with Gasteiger partial charge in [0.2, 0.25) is 0 Å². The Morgan fingerprint density at radius 1 is 1.35 bits per heavy atom. The molecule has 2 N–H and O–H groups in total. The van der Waals surface area contributed by atoms with E-state index in [2.05, 4.69) is 0 Å². The smallest absolute Gasteiger partial charge is 0.389 e. The maximum Gasteiger partial charge on any atom is 0.401 e. The van der Waals surface area contributed by atoms with E-state index in [1.807, 2.05) is 0 Å². The SMILES string of the molecule is CCCN(Cc1cccc(C(N)=S)c1F)CC(F)(F)F. The van der Waals surface area contributed by atoms with Gasteiger partial charge in [-0.2, -0.15) is 13.2 Å². The molecule has 0 aliphatic carbocycles. The number of thiocarbonyl (C=S) groups is 1. The zero-order valence-corrected chi connectivity index (χ0v) is 11.8. The fourth-order valence-corrected chi connectivity index (χ4v) is 2.07. The van der Waals surface area contributed by atoms with Crippen LogP contribution in [0, 0.1) is 5.82 Å². The van der Waals surface area contributed by atoms with Gasteiger partial charge in [0, 0.05) is 17.7 Å². The Balaban J connectivity index is 2.94. The number of benzene rings is 1. The van der Waals surface area contributed by atoms with E-state index in [-0.39, 0.29) is 29.2 Å². The van der Waals surface area contributed by atoms with Crippen LogP contribution >= 0.6 is 12.2 Å². The summed E-state index contributed by atoms with van der Waals surface area (Å²) in [6.07, 6.45) is -3.76. The van der Waals surface area contributed by atoms with Crippen LogP contribution < -0.4 is 5.73 Å². The number of nitrogens with two attached hydrogens (primary N) is 1. The van der Waals surface area contributed by atoms with Crippen LogP contribution in [-0.2, 0) is 6.54 Å². The molecule has 0 saturated carbocycles. The molecule has 0 saturated heterocycles. The number of rotatable bonds is 6. The Bertz CT molecular complexity index is 474. The van der Waals surface area contributed by atoms with Crippen molar-refractivity contribution in [3.8, 4) is 0 Å². The molecule has 0 spiro atoms. The van der Waals surface area contributed by atoms with Crippen LogP contribution in [0.15, 0.2) is 18.2 Å². The van der Waals surface area contributed by atoms with Crippen molar-refractivity contribution in [3.05, 3.63) is 35.1 Å². The summed E-state index contributed by atoms with van der Waals surface area (Å²) in [6.45, 7) is 0.800. The van der Waals surface area contributed by atoms with Gasteiger partial charge in [0.05, 0.1) is 6.54 Å². The molecule has 0 radical (unpaired) electrons. The van der Waals surface area contributed by atoms with E-state index < -0.39 is 18.5 Å². The lowest BCUT2D eigenvalue weighted by Gasteiger charge is -2.23. The molecule has 0 atom stereocenters. The monoisotopic (exact) mass is 308 g/mol. The van der Waals surface area contributed by atoms with Gasteiger partial charge >= 0.3 is 6.18 Å². The van der Waals surface area contributed by atoms with Crippen molar-refractivity contribution >= 4 is 17.2 Å². The third-order valence-electron chi connectivity index (χ3n) is 2.68. The summed E-state index contributed by atoms with van der Waals surface area (Å²) in [5, 5.41) is 0. The van der Waals surface area contributed by atoms with E-state index in [1.54, 1.807) is 6.92 Å². The van der Waals surface area contributed by atoms with Gasteiger partial charge in [-0.25, -0.2) is 4.39 Å². The molecule has 112 valence electrons. The first-order valence-electron chi connectivity index (χ1n) is 6.11. The summed E-state index contributed by atoms with van der Waals surface area (Å²) >= 11 is 4.71. The molecule has 7 heteroatoms. The lowest BCUT2D eigenvalue weighted by atomic mass is 10.1. The third kappa shape index (κ3) is 5.05. The minimum Gasteiger partial charge on any atom is -0.389 e. The molecule has 0 aliphatic rings. The molecule has 0 amide bonds. The minimum atomic E-state index is -4.31. The van der Waals surface area contributed by atoms with Crippen LogP contribution in [0.5, 0.6) is 0 Å². The average Bonchev–Trinajstić information content (AvgIpc) is 2.29. The van der Waals surface area contributed by atoms with Crippen molar-refractivity contribution in [2.24, 2.45) is 5.73 Å². The molecule has 0 aliphatic heterocycles. The molecule has 2 nitrogen and oxygen atoms in total. The summed E-state index contributed by atoms with van der Waals surface area (Å²) < 4.78 is 51.5. The fraction of sp³-hybridized carbons (Fsp3) is 0.462. The second-order valence-corrected chi connectivity index (χ2v) is 4.91. The summed E-state index contributed by atoms with van der Waals surface area (Å²) in [6, 6.07) is 4.38. The maximum atomic E-state index is 14.1. The molecule has 0 unspecified atom stereocenters. The third-order valence-corrected chi connectivity index (χ3v) is 2.90. The van der Waals surface area contributed by atoms with Crippen LogP contribution in [0.3, 0.4) is 0 Å². The van der Waals surface area contributed by atoms with Crippen molar-refractivity contribution in [2.75, 3.05) is 13.1 Å². The summed E-state index contributed by atoms with van der Waals surface area (Å²) in [7, 11) is 0. The number of alkyl halides is 3. The number of hydrogen-bond acceptors (Lipinski definition) is 2. The van der Waals surface area contributed by atoms with E-state index in [9.17, 15) is 17.6 Å². The van der Waals surface area contributed by atoms with E-state index in [0.717, 1.165) is 4.90 Å². The van der Waals surface area contributed by atoms with E-state index in [1.165, 1.54) is 18.2 Å². The highest BCUT2D eigenvalue weighted by molar-refractivity contribution is 7.80. The molecule has 0 bridgehead atoms. The molecule has 1 rings (SSSR count). The first-order chi connectivity index (χ1) is 9.24. The second kappa shape index (κ2) is 6.99. The second-order valence-electron chi connectivity index (χ2n) is 4.47. The van der Waals surface area contributed by atoms with Crippen LogP contribution in [0.4, 0.5) is 17.6 Å². The maximum absolute atomic E-state index is 14.1. The van der Waals surface area contributed by atoms with Crippen molar-refractivity contribution in [2.45, 2.75) is 26.1 Å². The van der Waals surface area contributed by atoms with Crippen molar-refractivity contribution < 1.29 is 17.6 Å². The predicted octanol–water partition coefficient (Wildman–Crippen LogP) is 3.23. The molecular formula is C13H16F4N2S. The molecular weight excluding hydrogens is 292 g/mol. The van der Waals surface area contributed by atoms with Crippen LogP contribution in [-0.4, -0.2) is 29.2 Å². The van der Waals surface area contributed by atoms with E-state index in [0.29, 0.717) is 6.42 Å². The van der Waals surface area contributed by atoms with E-state index >= 15 is 0 Å². The summed E-state index contributed by atoms with van der Waals surface area (Å²) in [4.78, 5) is 1.05. The predicted molar refractivity (Wildman–Crippen MR) is 73.9 cm³/mol. The Kier molecular flexibility index (Phi) is 5.88. The molecule has 20 heavy (non-hydrogen) atoms. The largest absolute Gasteiger partial charge is 0.401 e. The van der Waals surface area contributed by atoms with Crippen molar-refractivity contribution in [1.29, 1.82) is 0 Å². The Hall–Kier alpha value is -1.21. The minimum absolute atomic E-state index is 0.0564. The molecule has 0 heterocycles. The Morgan fingerprint density at radius 2 is 2.00 bits per heavy atom. The van der Waals surface area contributed by atoms with Gasteiger partial charge in [-0.15, -0.1) is 0 Å². The van der Waals surface area contributed by atoms with E-state index in [4.69, 9.17) is 18.0 Å². The highest BCUT2D eigenvalue weighted by atomic mass is 32.1. The first-order valence-corrected chi connectivity index (χ1v) is 6.51. The van der Waals surface area contributed by atoms with Crippen molar-refractivity contribution in [1.82, 2.24) is 4.90 Å². The average molecular weight is 308 g/mol. The first kappa shape index (κ1) is 16.8. The zero-order chi connectivity index (χ0) is 15.3. The number of nitrogens with zero attached hydrogens (tertiary/aromatic N) is 1. The Morgan fingerprint density at radius 3 is 2.50 bits per heavy atom. The molecule has 0 aromatic heterocycles. The summed E-state index contributed by atoms with van der Waals surface area (Å²) in [5.74, 6) is -0.650. The van der Waals surface area contributed by atoms with Gasteiger partial charge in [0.15, 0.2) is 0 Å². The fourth-order valence-electron chi connectivity index (χ4n) is 1.92. The topological polar surface area (TPSA) is 29.3 Å². The molecule has 1 aromatic carbocycles. The van der Waals surface area contributed by atoms with Gasteiger partial charge in [-0.1, -0.05) is 31.3 Å². The summed E-state index contributed by atoms with van der Waals surface area (Å²) in [5.41, 5.74) is 5.59. The highest BCUT2D eigenvalue weighted by Gasteiger charge is 2.30. The van der Waals surface area contributed by atoms with Gasteiger partial charge < -0.3 is 5.73 Å². The Labute approximate surface area is 120 Å². The van der Waals surface area contributed by atoms with Gasteiger partial charge in [0.25, 0.3) is 0 Å². The lowest BCUT2D eigenvalue weighted by Crippen LogP contribution is -2.34. The normalized spacial score (nSPS) is 11.9. The van der Waals surface area contributed by atoms with Crippen LogP contribution in [0.1, 0.15) is 24.5 Å². The van der Waals surface area contributed by atoms with Crippen LogP contribution in [0.2, 0.25) is 0 Å². The van der Waals surface area contributed by atoms with Gasteiger partial charge in [-0.05, 0) is 19.0 Å². The lowest BCUT2D eigenvalue weighted by molar-refractivity contribution is -0.147. The quantitative estimate of drug-likeness (QED) is 0.646. The number of halogens is 4. The van der Waals surface area contributed by atoms with Crippen molar-refractivity contribution in [3.63, 3.8) is 0 Å². The van der Waals surface area contributed by atoms with Gasteiger partial charge in [0.1, 0.15) is 10.8 Å². The highest BCUT2D eigenvalue weighted by Crippen LogP contribution is 2.20. The number of hydrogen-bond donors (Lipinski definition) is 1. The molecule has 0 fully saturated rings. The standard InChI is InChI=1S/C13H16F4N2S/c1-2-6-19(8-13(15,16)17)7-9-4-3-5-10(11(9)14)12(18)20/h3-5H,2,6-8H2,1H3,(H2,18,20). The van der Waals surface area contributed by atoms with Gasteiger partial charge in [-0.3, -0.25) is 4.90 Å². The van der Waals surface area contributed by atoms with Crippen LogP contribution in [0.25, 0.3) is 0 Å². The zero-order valence-electron chi connectivity index (χ0n) is 11.0. The molecule has 1 aromatic rings.